The minimum Gasteiger partial charge on any atom is -0.0845 e. The van der Waals surface area contributed by atoms with E-state index in [1.54, 1.807) is 0 Å². The molecule has 0 saturated heterocycles. The van der Waals surface area contributed by atoms with Crippen molar-refractivity contribution in [1.29, 1.82) is 0 Å². The minimum absolute atomic E-state index is 1.24. The maximum absolute atomic E-state index is 2.32. The number of allylic oxidation sites excluding steroid dienone is 8. The molecule has 0 bridgehead atoms. The van der Waals surface area contributed by atoms with Gasteiger partial charge in [-0.05, 0) is 51.4 Å². The quantitative estimate of drug-likeness (QED) is 0.449. The molecule has 0 aromatic carbocycles. The van der Waals surface area contributed by atoms with Gasteiger partial charge in [0.05, 0.1) is 0 Å². The van der Waals surface area contributed by atoms with Gasteiger partial charge in [0.1, 0.15) is 0 Å². The van der Waals surface area contributed by atoms with Crippen LogP contribution in [-0.4, -0.2) is 0 Å². The lowest BCUT2D eigenvalue weighted by molar-refractivity contribution is 0.651. The van der Waals surface area contributed by atoms with Crippen LogP contribution >= 0.6 is 0 Å². The standard InChI is InChI=1S/C20H32/c1-2-4-6-8-10-12-14-16-18-20-19-17-15-13-11-9-7-5-3-1/h1-4,17-20H,5-16H2/b3-1-,4-2+,19-17+,20-18+. The lowest BCUT2D eigenvalue weighted by Crippen LogP contribution is -1.77. The van der Waals surface area contributed by atoms with Crippen LogP contribution in [0, 0.1) is 0 Å². The first-order chi connectivity index (χ1) is 10.0. The summed E-state index contributed by atoms with van der Waals surface area (Å²) in [5, 5.41) is 0. The third kappa shape index (κ3) is 12.0. The average molecular weight is 272 g/mol. The summed E-state index contributed by atoms with van der Waals surface area (Å²) in [4.78, 5) is 0. The van der Waals surface area contributed by atoms with Gasteiger partial charge < -0.3 is 0 Å². The second-order valence-electron chi connectivity index (χ2n) is 5.70. The van der Waals surface area contributed by atoms with Gasteiger partial charge in [0.25, 0.3) is 0 Å². The molecule has 0 saturated carbocycles. The Balaban J connectivity index is 2.22. The number of hydrogen-bond donors (Lipinski definition) is 0. The molecule has 0 nitrogen and oxygen atoms in total. The van der Waals surface area contributed by atoms with E-state index in [0.29, 0.717) is 0 Å². The van der Waals surface area contributed by atoms with Crippen LogP contribution in [0.5, 0.6) is 0 Å². The van der Waals surface area contributed by atoms with Gasteiger partial charge in [-0.3, -0.25) is 0 Å². The monoisotopic (exact) mass is 272 g/mol. The summed E-state index contributed by atoms with van der Waals surface area (Å²) in [5.41, 5.74) is 0. The Morgan fingerprint density at radius 2 is 0.550 bits per heavy atom. The zero-order chi connectivity index (χ0) is 14.1. The summed E-state index contributed by atoms with van der Waals surface area (Å²) < 4.78 is 0. The van der Waals surface area contributed by atoms with Crippen molar-refractivity contribution < 1.29 is 0 Å². The molecule has 0 fully saturated rings. The molecule has 0 heteroatoms. The van der Waals surface area contributed by atoms with Gasteiger partial charge in [0.15, 0.2) is 0 Å². The molecule has 0 amide bonds. The Kier molecular flexibility index (Phi) is 12.2. The fourth-order valence-electron chi connectivity index (χ4n) is 2.46. The molecule has 0 radical (unpaired) electrons. The Morgan fingerprint density at radius 1 is 0.300 bits per heavy atom. The first kappa shape index (κ1) is 17.0. The second kappa shape index (κ2) is 14.4. The van der Waals surface area contributed by atoms with Crippen molar-refractivity contribution in [2.24, 2.45) is 0 Å². The topological polar surface area (TPSA) is 0 Å². The fraction of sp³-hybridized carbons (Fsp3) is 0.600. The average Bonchev–Trinajstić information content (AvgIpc) is 2.46. The van der Waals surface area contributed by atoms with Crippen LogP contribution in [0.2, 0.25) is 0 Å². The van der Waals surface area contributed by atoms with E-state index in [9.17, 15) is 0 Å². The van der Waals surface area contributed by atoms with E-state index in [1.165, 1.54) is 77.0 Å². The van der Waals surface area contributed by atoms with Gasteiger partial charge >= 0.3 is 0 Å². The summed E-state index contributed by atoms with van der Waals surface area (Å²) in [5.74, 6) is 0. The Hall–Kier alpha value is -1.04. The van der Waals surface area contributed by atoms with Gasteiger partial charge in [0, 0.05) is 0 Å². The second-order valence-corrected chi connectivity index (χ2v) is 5.70. The van der Waals surface area contributed by atoms with E-state index in [2.05, 4.69) is 48.6 Å². The molecule has 0 heterocycles. The number of hydrogen-bond acceptors (Lipinski definition) is 0. The van der Waals surface area contributed by atoms with E-state index in [-0.39, 0.29) is 0 Å². The third-order valence-corrected chi connectivity index (χ3v) is 3.75. The highest BCUT2D eigenvalue weighted by Gasteiger charge is 1.88. The van der Waals surface area contributed by atoms with Crippen LogP contribution in [0.1, 0.15) is 77.0 Å². The van der Waals surface area contributed by atoms with E-state index in [4.69, 9.17) is 0 Å². The van der Waals surface area contributed by atoms with Gasteiger partial charge in [-0.15, -0.1) is 0 Å². The smallest absolute Gasteiger partial charge is 0.0348 e. The molecule has 1 rings (SSSR count). The van der Waals surface area contributed by atoms with Crippen molar-refractivity contribution in [1.82, 2.24) is 0 Å². The van der Waals surface area contributed by atoms with Crippen LogP contribution in [0.4, 0.5) is 0 Å². The molecule has 0 N–H and O–H groups in total. The summed E-state index contributed by atoms with van der Waals surface area (Å²) >= 11 is 0. The molecule has 0 spiro atoms. The molecular weight excluding hydrogens is 240 g/mol. The van der Waals surface area contributed by atoms with E-state index in [1.807, 2.05) is 0 Å². The molecule has 1 aliphatic rings. The van der Waals surface area contributed by atoms with Gasteiger partial charge in [-0.25, -0.2) is 0 Å². The first-order valence-corrected chi connectivity index (χ1v) is 8.63. The van der Waals surface area contributed by atoms with Crippen molar-refractivity contribution in [3.05, 3.63) is 48.6 Å². The summed E-state index contributed by atoms with van der Waals surface area (Å²) in [6, 6.07) is 0. The number of rotatable bonds is 0. The van der Waals surface area contributed by atoms with Crippen molar-refractivity contribution in [2.75, 3.05) is 0 Å². The van der Waals surface area contributed by atoms with Gasteiger partial charge in [0.2, 0.25) is 0 Å². The predicted octanol–water partition coefficient (Wildman–Crippen LogP) is 6.91. The summed E-state index contributed by atoms with van der Waals surface area (Å²) in [6.07, 6.45) is 34.0. The highest BCUT2D eigenvalue weighted by atomic mass is 13.9. The van der Waals surface area contributed by atoms with Crippen molar-refractivity contribution in [3.8, 4) is 0 Å². The first-order valence-electron chi connectivity index (χ1n) is 8.63. The summed E-state index contributed by atoms with van der Waals surface area (Å²) in [7, 11) is 0. The van der Waals surface area contributed by atoms with Crippen molar-refractivity contribution in [3.63, 3.8) is 0 Å². The zero-order valence-corrected chi connectivity index (χ0v) is 13.1. The maximum atomic E-state index is 2.32. The Labute approximate surface area is 126 Å². The molecule has 0 atom stereocenters. The SMILES string of the molecule is C1=C\CCCCCC/C=C/C=C/CCCCCC/C=C/1. The van der Waals surface area contributed by atoms with E-state index in [0.717, 1.165) is 0 Å². The highest BCUT2D eigenvalue weighted by Crippen LogP contribution is 2.08. The molecular formula is C20H32. The van der Waals surface area contributed by atoms with Crippen LogP contribution in [-0.2, 0) is 0 Å². The normalized spacial score (nSPS) is 27.2. The van der Waals surface area contributed by atoms with Crippen molar-refractivity contribution in [2.45, 2.75) is 77.0 Å². The largest absolute Gasteiger partial charge is 0.0845 e. The van der Waals surface area contributed by atoms with Crippen LogP contribution < -0.4 is 0 Å². The van der Waals surface area contributed by atoms with Crippen LogP contribution in [0.15, 0.2) is 48.6 Å². The predicted molar refractivity (Wildman–Crippen MR) is 92.0 cm³/mol. The fourth-order valence-corrected chi connectivity index (χ4v) is 2.46. The molecule has 0 aliphatic heterocycles. The minimum atomic E-state index is 1.24. The molecule has 20 heavy (non-hydrogen) atoms. The Morgan fingerprint density at radius 3 is 0.800 bits per heavy atom. The van der Waals surface area contributed by atoms with E-state index >= 15 is 0 Å². The van der Waals surface area contributed by atoms with Crippen LogP contribution in [0.25, 0.3) is 0 Å². The molecule has 112 valence electrons. The van der Waals surface area contributed by atoms with Gasteiger partial charge in [-0.2, -0.15) is 0 Å². The molecule has 1 aliphatic carbocycles. The summed E-state index contributed by atoms with van der Waals surface area (Å²) in [6.45, 7) is 0. The Bertz CT molecular complexity index is 240. The lowest BCUT2D eigenvalue weighted by Gasteiger charge is -1.97. The molecule has 0 unspecified atom stereocenters. The van der Waals surface area contributed by atoms with Crippen molar-refractivity contribution >= 4 is 0 Å². The highest BCUT2D eigenvalue weighted by molar-refractivity contribution is 5.03. The third-order valence-electron chi connectivity index (χ3n) is 3.75. The maximum Gasteiger partial charge on any atom is -0.0348 e. The van der Waals surface area contributed by atoms with Gasteiger partial charge in [-0.1, -0.05) is 74.3 Å². The van der Waals surface area contributed by atoms with Crippen LogP contribution in [0.3, 0.4) is 0 Å². The lowest BCUT2D eigenvalue weighted by atomic mass is 10.1. The zero-order valence-electron chi connectivity index (χ0n) is 13.1. The molecule has 0 aromatic rings. The van der Waals surface area contributed by atoms with E-state index < -0.39 is 0 Å². The molecule has 0 aromatic heterocycles.